The SMILES string of the molecule is O=C(c1cnc(C2CC2)nc1)N1C[C@@H](CO)[C@@H](CN2CCCCCC2)C1. The number of hydrogen-bond acceptors (Lipinski definition) is 5. The molecule has 26 heavy (non-hydrogen) atoms. The summed E-state index contributed by atoms with van der Waals surface area (Å²) < 4.78 is 0. The molecule has 0 aromatic carbocycles. The van der Waals surface area contributed by atoms with Gasteiger partial charge in [0.05, 0.1) is 5.56 Å². The summed E-state index contributed by atoms with van der Waals surface area (Å²) in [4.78, 5) is 26.0. The molecule has 6 nitrogen and oxygen atoms in total. The van der Waals surface area contributed by atoms with E-state index in [2.05, 4.69) is 14.9 Å². The van der Waals surface area contributed by atoms with Crippen LogP contribution in [0.15, 0.2) is 12.4 Å². The molecule has 0 unspecified atom stereocenters. The van der Waals surface area contributed by atoms with Crippen LogP contribution in [0, 0.1) is 11.8 Å². The van der Waals surface area contributed by atoms with Crippen LogP contribution in [0.3, 0.4) is 0 Å². The van der Waals surface area contributed by atoms with E-state index in [1.807, 2.05) is 4.90 Å². The molecule has 1 aromatic heterocycles. The van der Waals surface area contributed by atoms with E-state index >= 15 is 0 Å². The summed E-state index contributed by atoms with van der Waals surface area (Å²) in [6.45, 7) is 4.81. The highest BCUT2D eigenvalue weighted by molar-refractivity contribution is 5.93. The number of amides is 1. The highest BCUT2D eigenvalue weighted by Crippen LogP contribution is 2.37. The van der Waals surface area contributed by atoms with Crippen LogP contribution in [-0.4, -0.2) is 70.1 Å². The van der Waals surface area contributed by atoms with E-state index in [0.29, 0.717) is 23.9 Å². The summed E-state index contributed by atoms with van der Waals surface area (Å²) in [6, 6.07) is 0. The zero-order chi connectivity index (χ0) is 17.9. The molecule has 1 aromatic rings. The lowest BCUT2D eigenvalue weighted by atomic mass is 9.96. The number of carbonyl (C=O) groups excluding carboxylic acids is 1. The van der Waals surface area contributed by atoms with E-state index < -0.39 is 0 Å². The Balaban J connectivity index is 1.38. The second-order valence-electron chi connectivity index (χ2n) is 8.23. The van der Waals surface area contributed by atoms with Crippen molar-refractivity contribution >= 4 is 5.91 Å². The third-order valence-corrected chi connectivity index (χ3v) is 6.15. The molecule has 142 valence electrons. The van der Waals surface area contributed by atoms with Crippen molar-refractivity contribution < 1.29 is 9.90 Å². The maximum absolute atomic E-state index is 12.8. The topological polar surface area (TPSA) is 69.6 Å². The zero-order valence-corrected chi connectivity index (χ0v) is 15.5. The van der Waals surface area contributed by atoms with Crippen molar-refractivity contribution in [2.45, 2.75) is 44.4 Å². The number of hydrogen-bond donors (Lipinski definition) is 1. The van der Waals surface area contributed by atoms with E-state index in [9.17, 15) is 9.90 Å². The molecule has 0 spiro atoms. The van der Waals surface area contributed by atoms with E-state index in [1.165, 1.54) is 25.7 Å². The van der Waals surface area contributed by atoms with Gasteiger partial charge in [0.1, 0.15) is 5.82 Å². The first-order valence-electron chi connectivity index (χ1n) is 10.2. The average Bonchev–Trinajstić information content (AvgIpc) is 3.47. The van der Waals surface area contributed by atoms with Crippen molar-refractivity contribution in [3.8, 4) is 0 Å². The van der Waals surface area contributed by atoms with Crippen LogP contribution in [0.5, 0.6) is 0 Å². The van der Waals surface area contributed by atoms with Crippen LogP contribution in [0.25, 0.3) is 0 Å². The lowest BCUT2D eigenvalue weighted by Crippen LogP contribution is -2.35. The molecule has 6 heteroatoms. The summed E-state index contributed by atoms with van der Waals surface area (Å²) in [5, 5.41) is 9.81. The number of aliphatic hydroxyl groups is 1. The van der Waals surface area contributed by atoms with E-state index in [-0.39, 0.29) is 18.4 Å². The maximum atomic E-state index is 12.8. The van der Waals surface area contributed by atoms with Crippen LogP contribution in [0.2, 0.25) is 0 Å². The Morgan fingerprint density at radius 2 is 1.69 bits per heavy atom. The first-order chi connectivity index (χ1) is 12.7. The maximum Gasteiger partial charge on any atom is 0.257 e. The Kier molecular flexibility index (Phi) is 5.50. The second-order valence-corrected chi connectivity index (χ2v) is 8.23. The Hall–Kier alpha value is -1.53. The number of nitrogens with zero attached hydrogens (tertiary/aromatic N) is 4. The monoisotopic (exact) mass is 358 g/mol. The van der Waals surface area contributed by atoms with Gasteiger partial charge in [0.2, 0.25) is 0 Å². The fraction of sp³-hybridized carbons (Fsp3) is 0.750. The third-order valence-electron chi connectivity index (χ3n) is 6.15. The van der Waals surface area contributed by atoms with Gasteiger partial charge in [0, 0.05) is 50.5 Å². The summed E-state index contributed by atoms with van der Waals surface area (Å²) in [5.74, 6) is 1.91. The van der Waals surface area contributed by atoms with Crippen LogP contribution in [0.1, 0.15) is 60.6 Å². The minimum Gasteiger partial charge on any atom is -0.396 e. The highest BCUT2D eigenvalue weighted by atomic mass is 16.3. The van der Waals surface area contributed by atoms with Gasteiger partial charge in [-0.25, -0.2) is 9.97 Å². The van der Waals surface area contributed by atoms with Crippen LogP contribution >= 0.6 is 0 Å². The van der Waals surface area contributed by atoms with Gasteiger partial charge in [-0.05, 0) is 44.7 Å². The largest absolute Gasteiger partial charge is 0.396 e. The molecule has 0 radical (unpaired) electrons. The van der Waals surface area contributed by atoms with Gasteiger partial charge in [-0.15, -0.1) is 0 Å². The molecule has 1 N–H and O–H groups in total. The minimum absolute atomic E-state index is 0.00385. The van der Waals surface area contributed by atoms with Crippen molar-refractivity contribution in [3.63, 3.8) is 0 Å². The first kappa shape index (κ1) is 17.9. The highest BCUT2D eigenvalue weighted by Gasteiger charge is 2.36. The molecule has 3 heterocycles. The molecule has 3 aliphatic rings. The van der Waals surface area contributed by atoms with Crippen molar-refractivity contribution in [2.75, 3.05) is 39.3 Å². The van der Waals surface area contributed by atoms with Gasteiger partial charge in [-0.2, -0.15) is 0 Å². The smallest absolute Gasteiger partial charge is 0.257 e. The molecule has 2 saturated heterocycles. The van der Waals surface area contributed by atoms with Gasteiger partial charge in [0.15, 0.2) is 0 Å². The lowest BCUT2D eigenvalue weighted by molar-refractivity contribution is 0.0778. The summed E-state index contributed by atoms with van der Waals surface area (Å²) in [5.41, 5.74) is 0.571. The van der Waals surface area contributed by atoms with E-state index in [1.54, 1.807) is 12.4 Å². The van der Waals surface area contributed by atoms with Crippen molar-refractivity contribution in [2.24, 2.45) is 11.8 Å². The molecule has 0 bridgehead atoms. The Morgan fingerprint density at radius 1 is 1.04 bits per heavy atom. The fourth-order valence-electron chi connectivity index (χ4n) is 4.35. The number of aromatic nitrogens is 2. The summed E-state index contributed by atoms with van der Waals surface area (Å²) >= 11 is 0. The van der Waals surface area contributed by atoms with Crippen molar-refractivity contribution in [1.29, 1.82) is 0 Å². The van der Waals surface area contributed by atoms with Gasteiger partial charge < -0.3 is 14.9 Å². The minimum atomic E-state index is 0.00385. The Labute approximate surface area is 155 Å². The van der Waals surface area contributed by atoms with E-state index in [4.69, 9.17) is 0 Å². The number of likely N-dealkylation sites (tertiary alicyclic amines) is 2. The van der Waals surface area contributed by atoms with Gasteiger partial charge in [-0.3, -0.25) is 4.79 Å². The van der Waals surface area contributed by atoms with Crippen LogP contribution < -0.4 is 0 Å². The van der Waals surface area contributed by atoms with Gasteiger partial charge in [-0.1, -0.05) is 12.8 Å². The molecular formula is C20H30N4O2. The molecule has 1 saturated carbocycles. The molecule has 2 aliphatic heterocycles. The molecule has 3 fully saturated rings. The van der Waals surface area contributed by atoms with Crippen LogP contribution in [0.4, 0.5) is 0 Å². The lowest BCUT2D eigenvalue weighted by Gasteiger charge is -2.26. The molecule has 2 atom stereocenters. The number of carbonyl (C=O) groups is 1. The Morgan fingerprint density at radius 3 is 2.31 bits per heavy atom. The normalized spacial score (nSPS) is 27.5. The van der Waals surface area contributed by atoms with Crippen LogP contribution in [-0.2, 0) is 0 Å². The zero-order valence-electron chi connectivity index (χ0n) is 15.5. The predicted octanol–water partition coefficient (Wildman–Crippen LogP) is 1.91. The average molecular weight is 358 g/mol. The molecule has 1 aliphatic carbocycles. The van der Waals surface area contributed by atoms with Gasteiger partial charge >= 0.3 is 0 Å². The van der Waals surface area contributed by atoms with Crippen molar-refractivity contribution in [3.05, 3.63) is 23.8 Å². The molecular weight excluding hydrogens is 328 g/mol. The Bertz CT molecular complexity index is 609. The third kappa shape index (κ3) is 4.07. The standard InChI is InChI=1S/C20H30N4O2/c25-14-18-13-24(12-17(18)11-23-7-3-1-2-4-8-23)20(26)16-9-21-19(22-10-16)15-5-6-15/h9-10,15,17-18,25H,1-8,11-14H2/t17-,18-/m0/s1. The first-order valence-corrected chi connectivity index (χ1v) is 10.2. The molecule has 4 rings (SSSR count). The number of rotatable bonds is 5. The molecule has 1 amide bonds. The van der Waals surface area contributed by atoms with E-state index in [0.717, 1.165) is 44.8 Å². The second kappa shape index (κ2) is 8.01. The predicted molar refractivity (Wildman–Crippen MR) is 98.9 cm³/mol. The fourth-order valence-corrected chi connectivity index (χ4v) is 4.35. The summed E-state index contributed by atoms with van der Waals surface area (Å²) in [6.07, 6.45) is 10.9. The quantitative estimate of drug-likeness (QED) is 0.871. The van der Waals surface area contributed by atoms with Crippen molar-refractivity contribution in [1.82, 2.24) is 19.8 Å². The number of aliphatic hydroxyl groups excluding tert-OH is 1. The van der Waals surface area contributed by atoms with Gasteiger partial charge in [0.25, 0.3) is 5.91 Å². The summed E-state index contributed by atoms with van der Waals surface area (Å²) in [7, 11) is 0.